The molecule has 1 aliphatic rings. The van der Waals surface area contributed by atoms with E-state index in [0.717, 1.165) is 54.6 Å². The monoisotopic (exact) mass is 425 g/mol. The molecule has 0 atom stereocenters. The van der Waals surface area contributed by atoms with E-state index in [-0.39, 0.29) is 4.90 Å². The van der Waals surface area contributed by atoms with Crippen molar-refractivity contribution >= 4 is 32.2 Å². The number of aryl methyl sites for hydroxylation is 1. The number of fused-ring (bicyclic) bond motifs is 1. The maximum absolute atomic E-state index is 13.2. The van der Waals surface area contributed by atoms with Crippen LogP contribution in [0.1, 0.15) is 12.0 Å². The average molecular weight is 426 g/mol. The van der Waals surface area contributed by atoms with Crippen LogP contribution in [0.25, 0.3) is 10.8 Å². The SMILES string of the molecule is COc1cc(C)ccc1S(=O)(=O)Nc1ccc(N2CCCNCC2)c2ccccc12. The highest BCUT2D eigenvalue weighted by molar-refractivity contribution is 7.92. The van der Waals surface area contributed by atoms with Crippen molar-refractivity contribution in [2.45, 2.75) is 18.2 Å². The van der Waals surface area contributed by atoms with E-state index in [1.54, 1.807) is 18.2 Å². The van der Waals surface area contributed by atoms with E-state index in [9.17, 15) is 8.42 Å². The molecule has 0 bridgehead atoms. The summed E-state index contributed by atoms with van der Waals surface area (Å²) in [4.78, 5) is 2.49. The summed E-state index contributed by atoms with van der Waals surface area (Å²) in [6.07, 6.45) is 1.08. The quantitative estimate of drug-likeness (QED) is 0.651. The second-order valence-electron chi connectivity index (χ2n) is 7.53. The third-order valence-corrected chi connectivity index (χ3v) is 6.84. The minimum absolute atomic E-state index is 0.127. The van der Waals surface area contributed by atoms with Crippen LogP contribution in [0.15, 0.2) is 59.5 Å². The van der Waals surface area contributed by atoms with Crippen molar-refractivity contribution in [3.8, 4) is 5.75 Å². The molecule has 6 nitrogen and oxygen atoms in total. The molecule has 1 aliphatic heterocycles. The van der Waals surface area contributed by atoms with Gasteiger partial charge < -0.3 is 15.0 Å². The Labute approximate surface area is 177 Å². The molecular formula is C23H27N3O3S. The fourth-order valence-electron chi connectivity index (χ4n) is 3.93. The summed E-state index contributed by atoms with van der Waals surface area (Å²) in [6, 6.07) is 16.9. The molecule has 1 saturated heterocycles. The average Bonchev–Trinajstić information content (AvgIpc) is 3.03. The van der Waals surface area contributed by atoms with Crippen LogP contribution in [0.4, 0.5) is 11.4 Å². The minimum atomic E-state index is -3.81. The van der Waals surface area contributed by atoms with Crippen LogP contribution in [-0.2, 0) is 10.0 Å². The molecule has 0 radical (unpaired) electrons. The predicted octanol–water partition coefficient (Wildman–Crippen LogP) is 3.76. The number of ether oxygens (including phenoxy) is 1. The lowest BCUT2D eigenvalue weighted by molar-refractivity contribution is 0.402. The van der Waals surface area contributed by atoms with E-state index in [1.807, 2.05) is 43.3 Å². The van der Waals surface area contributed by atoms with Crippen molar-refractivity contribution in [3.63, 3.8) is 0 Å². The third-order valence-electron chi connectivity index (χ3n) is 5.43. The molecule has 1 heterocycles. The molecule has 2 N–H and O–H groups in total. The Kier molecular flexibility index (Phi) is 5.83. The standard InChI is InChI=1S/C23H27N3O3S/c1-17-8-11-23(22(16-17)29-2)30(27,28)25-20-9-10-21(19-7-4-3-6-18(19)20)26-14-5-12-24-13-15-26/h3-4,6-11,16,24-25H,5,12-15H2,1-2H3. The van der Waals surface area contributed by atoms with Crippen LogP contribution in [0.2, 0.25) is 0 Å². The van der Waals surface area contributed by atoms with Gasteiger partial charge in [0.05, 0.1) is 12.8 Å². The summed E-state index contributed by atoms with van der Waals surface area (Å²) in [6.45, 7) is 5.76. The molecule has 3 aromatic rings. The first kappa shape index (κ1) is 20.5. The summed E-state index contributed by atoms with van der Waals surface area (Å²) < 4.78 is 34.4. The van der Waals surface area contributed by atoms with Gasteiger partial charge in [0.15, 0.2) is 0 Å². The molecule has 4 rings (SSSR count). The number of rotatable bonds is 5. The van der Waals surface area contributed by atoms with Crippen LogP contribution in [0, 0.1) is 6.92 Å². The number of nitrogens with one attached hydrogen (secondary N) is 2. The largest absolute Gasteiger partial charge is 0.495 e. The summed E-state index contributed by atoms with van der Waals surface area (Å²) in [7, 11) is -2.33. The first-order chi connectivity index (χ1) is 14.5. The first-order valence-electron chi connectivity index (χ1n) is 10.1. The van der Waals surface area contributed by atoms with E-state index in [4.69, 9.17) is 4.74 Å². The normalized spacial score (nSPS) is 15.1. The number of anilines is 2. The van der Waals surface area contributed by atoms with Gasteiger partial charge in [-0.05, 0) is 49.7 Å². The van der Waals surface area contributed by atoms with Crippen LogP contribution in [-0.4, -0.2) is 41.7 Å². The Balaban J connectivity index is 1.74. The number of benzene rings is 3. The maximum atomic E-state index is 13.2. The molecule has 0 saturated carbocycles. The van der Waals surface area contributed by atoms with Crippen molar-refractivity contribution in [2.75, 3.05) is 42.9 Å². The maximum Gasteiger partial charge on any atom is 0.265 e. The first-order valence-corrected chi connectivity index (χ1v) is 11.6. The van der Waals surface area contributed by atoms with Gasteiger partial charge in [0.2, 0.25) is 0 Å². The molecule has 0 aliphatic carbocycles. The van der Waals surface area contributed by atoms with Crippen molar-refractivity contribution in [1.82, 2.24) is 5.32 Å². The Morgan fingerprint density at radius 1 is 1.00 bits per heavy atom. The summed E-state index contributed by atoms with van der Waals surface area (Å²) >= 11 is 0. The molecule has 7 heteroatoms. The molecule has 0 amide bonds. The van der Waals surface area contributed by atoms with Gasteiger partial charge >= 0.3 is 0 Å². The van der Waals surface area contributed by atoms with E-state index in [2.05, 4.69) is 14.9 Å². The van der Waals surface area contributed by atoms with Crippen LogP contribution in [0.5, 0.6) is 5.75 Å². The number of methoxy groups -OCH3 is 1. The van der Waals surface area contributed by atoms with Crippen molar-refractivity contribution in [3.05, 3.63) is 60.2 Å². The van der Waals surface area contributed by atoms with Gasteiger partial charge in [-0.15, -0.1) is 0 Å². The van der Waals surface area contributed by atoms with Crippen LogP contribution >= 0.6 is 0 Å². The molecule has 0 aromatic heterocycles. The number of nitrogens with zero attached hydrogens (tertiary/aromatic N) is 1. The molecule has 3 aromatic carbocycles. The zero-order valence-electron chi connectivity index (χ0n) is 17.3. The van der Waals surface area contributed by atoms with Gasteiger partial charge in [-0.2, -0.15) is 0 Å². The number of sulfonamides is 1. The Morgan fingerprint density at radius 3 is 2.60 bits per heavy atom. The summed E-state index contributed by atoms with van der Waals surface area (Å²) in [5.74, 6) is 0.334. The molecule has 158 valence electrons. The van der Waals surface area contributed by atoms with Gasteiger partial charge in [0.25, 0.3) is 10.0 Å². The lowest BCUT2D eigenvalue weighted by Gasteiger charge is -2.25. The second kappa shape index (κ2) is 8.53. The van der Waals surface area contributed by atoms with Crippen LogP contribution in [0.3, 0.4) is 0 Å². The van der Waals surface area contributed by atoms with Gasteiger partial charge in [-0.25, -0.2) is 8.42 Å². The number of hydrogen-bond acceptors (Lipinski definition) is 5. The molecule has 1 fully saturated rings. The van der Waals surface area contributed by atoms with E-state index in [1.165, 1.54) is 7.11 Å². The molecule has 0 unspecified atom stereocenters. The van der Waals surface area contributed by atoms with Gasteiger partial charge in [-0.1, -0.05) is 30.3 Å². The fourth-order valence-corrected chi connectivity index (χ4v) is 5.16. The summed E-state index contributed by atoms with van der Waals surface area (Å²) in [5, 5.41) is 5.34. The van der Waals surface area contributed by atoms with E-state index >= 15 is 0 Å². The highest BCUT2D eigenvalue weighted by Crippen LogP contribution is 2.35. The lowest BCUT2D eigenvalue weighted by atomic mass is 10.1. The summed E-state index contributed by atoms with van der Waals surface area (Å²) in [5.41, 5.74) is 2.63. The highest BCUT2D eigenvalue weighted by atomic mass is 32.2. The fraction of sp³-hybridized carbons (Fsp3) is 0.304. The van der Waals surface area contributed by atoms with Gasteiger partial charge in [0, 0.05) is 36.1 Å². The third kappa shape index (κ3) is 4.08. The number of hydrogen-bond donors (Lipinski definition) is 2. The topological polar surface area (TPSA) is 70.7 Å². The van der Waals surface area contributed by atoms with E-state index in [0.29, 0.717) is 11.4 Å². The Hall–Kier alpha value is -2.77. The van der Waals surface area contributed by atoms with Crippen LogP contribution < -0.4 is 19.7 Å². The van der Waals surface area contributed by atoms with Crippen molar-refractivity contribution in [1.29, 1.82) is 0 Å². The highest BCUT2D eigenvalue weighted by Gasteiger charge is 2.22. The van der Waals surface area contributed by atoms with Gasteiger partial charge in [-0.3, -0.25) is 4.72 Å². The molecular weight excluding hydrogens is 398 g/mol. The van der Waals surface area contributed by atoms with Crippen molar-refractivity contribution < 1.29 is 13.2 Å². The molecule has 30 heavy (non-hydrogen) atoms. The predicted molar refractivity (Wildman–Crippen MR) is 122 cm³/mol. The van der Waals surface area contributed by atoms with Gasteiger partial charge in [0.1, 0.15) is 10.6 Å². The van der Waals surface area contributed by atoms with E-state index < -0.39 is 10.0 Å². The minimum Gasteiger partial charge on any atom is -0.495 e. The smallest absolute Gasteiger partial charge is 0.265 e. The Bertz CT molecular complexity index is 1150. The van der Waals surface area contributed by atoms with Crippen molar-refractivity contribution in [2.24, 2.45) is 0 Å². The lowest BCUT2D eigenvalue weighted by Crippen LogP contribution is -2.28. The zero-order chi connectivity index (χ0) is 21.1. The second-order valence-corrected chi connectivity index (χ2v) is 9.18. The molecule has 0 spiro atoms. The Morgan fingerprint density at radius 2 is 1.80 bits per heavy atom. The zero-order valence-corrected chi connectivity index (χ0v) is 18.1.